The molecule has 0 aliphatic heterocycles. The van der Waals surface area contributed by atoms with Crippen molar-refractivity contribution in [2.75, 3.05) is 0 Å². The number of rotatable bonds is 4. The summed E-state index contributed by atoms with van der Waals surface area (Å²) < 4.78 is 0. The van der Waals surface area contributed by atoms with E-state index in [0.29, 0.717) is 0 Å². The van der Waals surface area contributed by atoms with Crippen LogP contribution in [0.5, 0.6) is 0 Å². The van der Waals surface area contributed by atoms with Crippen LogP contribution in [0.25, 0.3) is 16.7 Å². The first-order valence-corrected chi connectivity index (χ1v) is 16.1. The Morgan fingerprint density at radius 1 is 0.500 bits per heavy atom. The minimum atomic E-state index is -0.537. The summed E-state index contributed by atoms with van der Waals surface area (Å²) in [6.45, 7) is 0. The molecule has 46 heavy (non-hydrogen) atoms. The van der Waals surface area contributed by atoms with Gasteiger partial charge in [-0.3, -0.25) is 0 Å². The number of nitrogens with zero attached hydrogens (tertiary/aromatic N) is 1. The Morgan fingerprint density at radius 2 is 1.04 bits per heavy atom. The summed E-state index contributed by atoms with van der Waals surface area (Å²) in [6.07, 6.45) is 7.08. The lowest BCUT2D eigenvalue weighted by atomic mass is 9.51. The van der Waals surface area contributed by atoms with Crippen LogP contribution in [0.4, 0.5) is 0 Å². The minimum Gasteiger partial charge on any atom is -0.198 e. The van der Waals surface area contributed by atoms with E-state index in [1.165, 1.54) is 66.8 Å². The maximum Gasteiger partial charge on any atom is 0.0720 e. The van der Waals surface area contributed by atoms with E-state index < -0.39 is 10.8 Å². The van der Waals surface area contributed by atoms with Crippen molar-refractivity contribution < 1.29 is 0 Å². The maximum atomic E-state index is 9.39. The lowest BCUT2D eigenvalue weighted by Crippen LogP contribution is -2.44. The largest absolute Gasteiger partial charge is 0.198 e. The fraction of sp³-hybridized carbons (Fsp3) is 0.0889. The highest BCUT2D eigenvalue weighted by Crippen LogP contribution is 2.65. The molecule has 6 aromatic carbocycles. The van der Waals surface area contributed by atoms with Gasteiger partial charge in [0.15, 0.2) is 0 Å². The quantitative estimate of drug-likeness (QED) is 0.202. The van der Waals surface area contributed by atoms with Gasteiger partial charge in [0.1, 0.15) is 0 Å². The standard InChI is InChI=1S/C45H31N/c46-30-31-22-24-32(25-23-31)33-26-28-36(29-27-33)44(34-12-3-1-4-13-34)40-19-9-10-20-41(40)45(35-14-5-2-6-15-35)39-18-8-7-16-37(39)38-17-11-21-42(44)43(38)45/h1-22,24-29,31H,23H2. The zero-order valence-corrected chi connectivity index (χ0v) is 25.4. The van der Waals surface area contributed by atoms with Gasteiger partial charge in [-0.1, -0.05) is 170 Å². The van der Waals surface area contributed by atoms with Crippen molar-refractivity contribution in [2.45, 2.75) is 17.3 Å². The van der Waals surface area contributed by atoms with Crippen LogP contribution in [0.1, 0.15) is 56.5 Å². The monoisotopic (exact) mass is 585 g/mol. The molecule has 3 atom stereocenters. The first-order valence-electron chi connectivity index (χ1n) is 16.1. The summed E-state index contributed by atoms with van der Waals surface area (Å²) in [5.41, 5.74) is 14.5. The van der Waals surface area contributed by atoms with Gasteiger partial charge in [0, 0.05) is 0 Å². The van der Waals surface area contributed by atoms with Crippen molar-refractivity contribution in [3.63, 3.8) is 0 Å². The van der Waals surface area contributed by atoms with Gasteiger partial charge in [0.05, 0.1) is 22.8 Å². The lowest BCUT2D eigenvalue weighted by Gasteiger charge is -2.49. The Balaban J connectivity index is 1.39. The molecule has 3 aliphatic carbocycles. The van der Waals surface area contributed by atoms with E-state index in [0.717, 1.165) is 6.42 Å². The molecule has 3 unspecified atom stereocenters. The van der Waals surface area contributed by atoms with Crippen LogP contribution < -0.4 is 0 Å². The summed E-state index contributed by atoms with van der Waals surface area (Å²) in [4.78, 5) is 0. The van der Waals surface area contributed by atoms with Crippen LogP contribution in [0.2, 0.25) is 0 Å². The first kappa shape index (κ1) is 26.7. The van der Waals surface area contributed by atoms with Gasteiger partial charge in [-0.2, -0.15) is 5.26 Å². The van der Waals surface area contributed by atoms with E-state index in [4.69, 9.17) is 0 Å². The summed E-state index contributed by atoms with van der Waals surface area (Å²) >= 11 is 0. The third-order valence-corrected chi connectivity index (χ3v) is 10.5. The molecule has 0 radical (unpaired) electrons. The second-order valence-electron chi connectivity index (χ2n) is 12.6. The topological polar surface area (TPSA) is 23.8 Å². The average molecular weight is 586 g/mol. The van der Waals surface area contributed by atoms with Crippen LogP contribution in [0, 0.1) is 17.2 Å². The minimum absolute atomic E-state index is 0.0442. The van der Waals surface area contributed by atoms with Crippen LogP contribution in [-0.4, -0.2) is 0 Å². The molecule has 0 spiro atoms. The highest BCUT2D eigenvalue weighted by molar-refractivity contribution is 5.91. The Bertz CT molecular complexity index is 2230. The summed E-state index contributed by atoms with van der Waals surface area (Å²) in [5.74, 6) is -0.0442. The van der Waals surface area contributed by atoms with Crippen LogP contribution >= 0.6 is 0 Å². The second kappa shape index (κ2) is 10.2. The molecule has 0 aromatic heterocycles. The molecule has 216 valence electrons. The van der Waals surface area contributed by atoms with E-state index in [9.17, 15) is 5.26 Å². The van der Waals surface area contributed by atoms with Crippen molar-refractivity contribution >= 4 is 5.57 Å². The van der Waals surface area contributed by atoms with Crippen molar-refractivity contribution in [3.05, 3.63) is 220 Å². The molecule has 0 N–H and O–H groups in total. The molecule has 0 amide bonds. The molecule has 3 aliphatic rings. The van der Waals surface area contributed by atoms with Crippen LogP contribution in [0.3, 0.4) is 0 Å². The first-order chi connectivity index (χ1) is 22.8. The molecule has 6 aromatic rings. The van der Waals surface area contributed by atoms with Gasteiger partial charge in [0.2, 0.25) is 0 Å². The Labute approximate surface area is 270 Å². The van der Waals surface area contributed by atoms with Gasteiger partial charge in [-0.25, -0.2) is 0 Å². The van der Waals surface area contributed by atoms with E-state index in [1.54, 1.807) is 0 Å². The maximum absolute atomic E-state index is 9.39. The van der Waals surface area contributed by atoms with Gasteiger partial charge < -0.3 is 0 Å². The molecule has 1 heteroatoms. The number of benzene rings is 6. The van der Waals surface area contributed by atoms with E-state index in [-0.39, 0.29) is 5.92 Å². The normalized spacial score (nSPS) is 21.8. The van der Waals surface area contributed by atoms with E-state index >= 15 is 0 Å². The van der Waals surface area contributed by atoms with Crippen molar-refractivity contribution in [1.29, 1.82) is 5.26 Å². The fourth-order valence-electron chi connectivity index (χ4n) is 8.70. The highest BCUT2D eigenvalue weighted by atomic mass is 14.6. The van der Waals surface area contributed by atoms with E-state index in [1.807, 2.05) is 6.08 Å². The van der Waals surface area contributed by atoms with Crippen molar-refractivity contribution in [2.24, 2.45) is 5.92 Å². The predicted molar refractivity (Wildman–Crippen MR) is 186 cm³/mol. The Morgan fingerprint density at radius 3 is 1.70 bits per heavy atom. The number of fused-ring (bicyclic) bond motifs is 5. The van der Waals surface area contributed by atoms with E-state index in [2.05, 4.69) is 170 Å². The molecular formula is C45H31N. The Kier molecular flexibility index (Phi) is 5.89. The Hall–Kier alpha value is -5.71. The van der Waals surface area contributed by atoms with Crippen LogP contribution in [-0.2, 0) is 10.8 Å². The zero-order chi connectivity index (χ0) is 30.7. The summed E-state index contributed by atoms with van der Waals surface area (Å²) in [6, 6.07) is 58.9. The van der Waals surface area contributed by atoms with Crippen molar-refractivity contribution in [1.82, 2.24) is 0 Å². The predicted octanol–water partition coefficient (Wildman–Crippen LogP) is 10.2. The molecule has 1 nitrogen and oxygen atoms in total. The van der Waals surface area contributed by atoms with Crippen molar-refractivity contribution in [3.8, 4) is 17.2 Å². The molecule has 0 saturated heterocycles. The SMILES string of the molecule is N#CC1C=CC(c2ccc(C3(c4ccccc4)c4ccccc4C4(c5ccccc5)c5ccccc5-c5cccc3c54)cc2)=CC1. The summed E-state index contributed by atoms with van der Waals surface area (Å²) in [5, 5.41) is 9.39. The highest BCUT2D eigenvalue weighted by Gasteiger charge is 2.57. The molecular weight excluding hydrogens is 555 g/mol. The third-order valence-electron chi connectivity index (χ3n) is 10.5. The number of hydrogen-bond donors (Lipinski definition) is 0. The molecule has 9 rings (SSSR count). The average Bonchev–Trinajstić information content (AvgIpc) is 3.45. The molecule has 0 saturated carbocycles. The van der Waals surface area contributed by atoms with Gasteiger partial charge in [-0.05, 0) is 73.2 Å². The lowest BCUT2D eigenvalue weighted by molar-refractivity contribution is 0.626. The summed E-state index contributed by atoms with van der Waals surface area (Å²) in [7, 11) is 0. The molecule has 0 bridgehead atoms. The van der Waals surface area contributed by atoms with Gasteiger partial charge >= 0.3 is 0 Å². The zero-order valence-electron chi connectivity index (χ0n) is 25.4. The molecule has 0 fully saturated rings. The number of nitriles is 1. The molecule has 0 heterocycles. The fourth-order valence-corrected chi connectivity index (χ4v) is 8.70. The van der Waals surface area contributed by atoms with Crippen LogP contribution in [0.15, 0.2) is 170 Å². The third kappa shape index (κ3) is 3.45. The van der Waals surface area contributed by atoms with Gasteiger partial charge in [-0.15, -0.1) is 0 Å². The smallest absolute Gasteiger partial charge is 0.0720 e. The number of hydrogen-bond acceptors (Lipinski definition) is 1. The van der Waals surface area contributed by atoms with Gasteiger partial charge in [0.25, 0.3) is 0 Å². The number of allylic oxidation sites excluding steroid dienone is 4. The second-order valence-corrected chi connectivity index (χ2v) is 12.6.